The van der Waals surface area contributed by atoms with Gasteiger partial charge in [-0.05, 0) is 70.9 Å². The van der Waals surface area contributed by atoms with E-state index in [0.717, 1.165) is 38.2 Å². The molecule has 3 aromatic carbocycles. The molecular formula is C53H64N4O20. The highest BCUT2D eigenvalue weighted by molar-refractivity contribution is 6.31. The SMILES string of the molecule is COc1cc(C(C)OC(=O)N[C@H]2C[C@H](O[C@H]3C[C@](O)(C(=O)CO)Cc4c(O)c5c(c(O)c43)C(=O)c3c(OC)cccc3C5=O)O[C@@H](C)[C@@H]2O)c([N+](=O)[O-])cc1OCCCC(=O)NCCCNC(=O)OC1CC/C=C/CCC1. The van der Waals surface area contributed by atoms with Gasteiger partial charge in [0, 0.05) is 55.5 Å². The molecule has 0 radical (unpaired) electrons. The number of amides is 3. The summed E-state index contributed by atoms with van der Waals surface area (Å²) in [6.07, 6.45) is -0.967. The molecule has 0 aromatic heterocycles. The van der Waals surface area contributed by atoms with Gasteiger partial charge in [0.2, 0.25) is 11.7 Å². The number of aliphatic hydroxyl groups excluding tert-OH is 2. The number of ketones is 3. The summed E-state index contributed by atoms with van der Waals surface area (Å²) in [4.78, 5) is 90.9. The maximum atomic E-state index is 14.1. The number of fused-ring (bicyclic) bond motifs is 3. The van der Waals surface area contributed by atoms with Gasteiger partial charge in [0.15, 0.2) is 29.4 Å². The molecule has 1 heterocycles. The van der Waals surface area contributed by atoms with Gasteiger partial charge < -0.3 is 74.6 Å². The van der Waals surface area contributed by atoms with Crippen LogP contribution in [0.25, 0.3) is 0 Å². The number of benzene rings is 3. The number of allylic oxidation sites excluding steroid dienone is 2. The molecule has 1 saturated heterocycles. The molecule has 24 heteroatoms. The predicted octanol–water partition coefficient (Wildman–Crippen LogP) is 4.73. The number of aromatic hydroxyl groups is 2. The molecule has 0 bridgehead atoms. The van der Waals surface area contributed by atoms with Crippen molar-refractivity contribution in [3.05, 3.63) is 91.5 Å². The van der Waals surface area contributed by atoms with Crippen LogP contribution in [0, 0.1) is 10.1 Å². The number of hydrogen-bond acceptors (Lipinski definition) is 20. The van der Waals surface area contributed by atoms with Gasteiger partial charge in [-0.15, -0.1) is 0 Å². The molecule has 3 aromatic rings. The summed E-state index contributed by atoms with van der Waals surface area (Å²) >= 11 is 0. The smallest absolute Gasteiger partial charge is 0.408 e. The lowest BCUT2D eigenvalue weighted by Crippen LogP contribution is -2.56. The van der Waals surface area contributed by atoms with Gasteiger partial charge in [0.25, 0.3) is 5.69 Å². The van der Waals surface area contributed by atoms with Gasteiger partial charge in [-0.2, -0.15) is 0 Å². The monoisotopic (exact) mass is 1080 g/mol. The van der Waals surface area contributed by atoms with E-state index in [9.17, 15) is 64.4 Å². The Hall–Kier alpha value is -7.38. The molecule has 0 spiro atoms. The quantitative estimate of drug-likeness (QED) is 0.0195. The Bertz CT molecular complexity index is 2780. The van der Waals surface area contributed by atoms with E-state index in [1.54, 1.807) is 0 Å². The number of ether oxygens (including phenoxy) is 7. The molecule has 2 unspecified atom stereocenters. The first-order valence-electron chi connectivity index (χ1n) is 25.4. The molecule has 8 atom stereocenters. The Morgan fingerprint density at radius 2 is 1.65 bits per heavy atom. The molecule has 8 N–H and O–H groups in total. The number of alkyl carbamates (subject to hydrolysis) is 2. The number of nitrogens with zero attached hydrogens (tertiary/aromatic N) is 1. The molecule has 77 heavy (non-hydrogen) atoms. The van der Waals surface area contributed by atoms with Crippen molar-refractivity contribution in [1.82, 2.24) is 16.0 Å². The normalized spacial score (nSPS) is 23.5. The fraction of sp³-hybridized carbons (Fsp3) is 0.509. The number of carbonyl (C=O) groups excluding carboxylic acids is 6. The van der Waals surface area contributed by atoms with Crippen LogP contribution in [0.15, 0.2) is 42.5 Å². The fourth-order valence-corrected chi connectivity index (χ4v) is 10.0. The van der Waals surface area contributed by atoms with Crippen LogP contribution in [0.4, 0.5) is 15.3 Å². The molecule has 24 nitrogen and oxygen atoms in total. The van der Waals surface area contributed by atoms with Crippen LogP contribution in [-0.2, 0) is 35.0 Å². The average Bonchev–Trinajstić information content (AvgIpc) is 3.55. The van der Waals surface area contributed by atoms with Crippen molar-refractivity contribution in [3.63, 3.8) is 0 Å². The van der Waals surface area contributed by atoms with Crippen molar-refractivity contribution in [3.8, 4) is 28.7 Å². The van der Waals surface area contributed by atoms with E-state index in [4.69, 9.17) is 33.2 Å². The first kappa shape index (κ1) is 57.3. The van der Waals surface area contributed by atoms with Crippen LogP contribution in [0.2, 0.25) is 0 Å². The Labute approximate surface area is 442 Å². The summed E-state index contributed by atoms with van der Waals surface area (Å²) in [6, 6.07) is 5.36. The van der Waals surface area contributed by atoms with Crippen LogP contribution < -0.4 is 30.2 Å². The average molecular weight is 1080 g/mol. The highest BCUT2D eigenvalue weighted by Gasteiger charge is 2.50. The minimum absolute atomic E-state index is 0.0128. The van der Waals surface area contributed by atoms with Crippen LogP contribution in [0.5, 0.6) is 28.7 Å². The van der Waals surface area contributed by atoms with Crippen molar-refractivity contribution in [1.29, 1.82) is 0 Å². The number of Topliss-reactive ketones (excluding diaryl/α,β-unsaturated/α-hetero) is 1. The van der Waals surface area contributed by atoms with E-state index < -0.39 is 125 Å². The molecule has 416 valence electrons. The van der Waals surface area contributed by atoms with Gasteiger partial charge in [-0.3, -0.25) is 29.3 Å². The zero-order valence-corrected chi connectivity index (χ0v) is 43.0. The van der Waals surface area contributed by atoms with E-state index in [1.807, 2.05) is 0 Å². The largest absolute Gasteiger partial charge is 0.507 e. The molecule has 3 amide bonds. The maximum Gasteiger partial charge on any atom is 0.408 e. The summed E-state index contributed by atoms with van der Waals surface area (Å²) in [5.41, 5.74) is -5.13. The lowest BCUT2D eigenvalue weighted by atomic mass is 9.72. The number of hydrogen-bond donors (Lipinski definition) is 8. The minimum atomic E-state index is -2.44. The first-order valence-corrected chi connectivity index (χ1v) is 25.4. The Morgan fingerprint density at radius 1 is 0.922 bits per heavy atom. The second-order valence-corrected chi connectivity index (χ2v) is 19.2. The predicted molar refractivity (Wildman–Crippen MR) is 268 cm³/mol. The topological polar surface area (TPSA) is 347 Å². The van der Waals surface area contributed by atoms with Gasteiger partial charge in [0.05, 0.1) is 72.3 Å². The maximum absolute atomic E-state index is 14.1. The van der Waals surface area contributed by atoms with E-state index in [2.05, 4.69) is 28.1 Å². The van der Waals surface area contributed by atoms with Crippen LogP contribution in [-0.4, -0.2) is 143 Å². The highest BCUT2D eigenvalue weighted by atomic mass is 16.7. The zero-order valence-electron chi connectivity index (χ0n) is 43.0. The Balaban J connectivity index is 0.964. The van der Waals surface area contributed by atoms with Crippen LogP contribution >= 0.6 is 0 Å². The molecule has 0 saturated carbocycles. The molecule has 7 rings (SSSR count). The van der Waals surface area contributed by atoms with Crippen LogP contribution in [0.3, 0.4) is 0 Å². The summed E-state index contributed by atoms with van der Waals surface area (Å²) in [5, 5.41) is 76.6. The molecule has 4 aliphatic rings. The van der Waals surface area contributed by atoms with Crippen molar-refractivity contribution in [2.45, 2.75) is 133 Å². The second-order valence-electron chi connectivity index (χ2n) is 19.2. The van der Waals surface area contributed by atoms with Gasteiger partial charge in [-0.25, -0.2) is 9.59 Å². The first-order chi connectivity index (χ1) is 36.8. The highest BCUT2D eigenvalue weighted by Crippen LogP contribution is 2.53. The van der Waals surface area contributed by atoms with E-state index >= 15 is 0 Å². The zero-order chi connectivity index (χ0) is 55.7. The van der Waals surface area contributed by atoms with Crippen molar-refractivity contribution < 1.29 is 92.4 Å². The number of rotatable bonds is 20. The van der Waals surface area contributed by atoms with Gasteiger partial charge in [0.1, 0.15) is 47.8 Å². The van der Waals surface area contributed by atoms with Crippen molar-refractivity contribution in [2.75, 3.05) is 40.5 Å². The summed E-state index contributed by atoms with van der Waals surface area (Å²) in [7, 11) is 2.57. The fourth-order valence-electron chi connectivity index (χ4n) is 10.0. The van der Waals surface area contributed by atoms with E-state index in [1.165, 1.54) is 52.3 Å². The number of nitro benzene ring substituents is 1. The minimum Gasteiger partial charge on any atom is -0.507 e. The molecule has 1 fully saturated rings. The van der Waals surface area contributed by atoms with E-state index in [0.29, 0.717) is 19.5 Å². The summed E-state index contributed by atoms with van der Waals surface area (Å²) < 4.78 is 39.8. The van der Waals surface area contributed by atoms with Crippen molar-refractivity contribution in [2.24, 2.45) is 0 Å². The number of carbonyl (C=O) groups is 6. The number of aliphatic hydroxyl groups is 3. The Kier molecular flexibility index (Phi) is 18.7. The van der Waals surface area contributed by atoms with Gasteiger partial charge >= 0.3 is 12.2 Å². The lowest BCUT2D eigenvalue weighted by molar-refractivity contribution is -0.386. The van der Waals surface area contributed by atoms with E-state index in [-0.39, 0.29) is 82.9 Å². The molecule has 1 aliphatic heterocycles. The number of phenols is 2. The standard InChI is InChI=1S/C53H64N4O20/c1-27(31-21-36(72-4)37(23-34(31)57(69)70)73-20-11-17-40(60)54-18-12-19-55-51(66)76-29-13-8-6-5-7-9-14-29)75-52(67)56-33-22-41(74-28(2)46(33)61)77-38-25-53(68,39(59)26-58)24-32-43(38)50(65)45-44(48(32)63)47(62)30-15-10-16-35(71-3)42(30)49(45)64/h5-6,10,15-16,21,23,27-29,33,38,41,46,58,61,63,65,68H,7-9,11-14,17-20,22,24-26H2,1-4H3,(H,54,60)(H,55,66)(H,56,67)/b6-5+/t27?,28-,29?,33-,38-,41-,46-,53-/m0/s1. The molecular weight excluding hydrogens is 1010 g/mol. The number of methoxy groups -OCH3 is 2. The van der Waals surface area contributed by atoms with Crippen molar-refractivity contribution >= 4 is 41.1 Å². The summed E-state index contributed by atoms with van der Waals surface area (Å²) in [6.45, 7) is 2.24. The third-order valence-corrected chi connectivity index (χ3v) is 14.0. The summed E-state index contributed by atoms with van der Waals surface area (Å²) in [5.74, 6) is -4.68. The third-order valence-electron chi connectivity index (χ3n) is 14.0. The molecule has 3 aliphatic carbocycles. The number of nitrogens with one attached hydrogen (secondary N) is 3. The number of phenolic OH excluding ortho intramolecular Hbond substituents is 2. The van der Waals surface area contributed by atoms with Crippen LogP contribution in [0.1, 0.15) is 139 Å². The third kappa shape index (κ3) is 12.9. The second kappa shape index (κ2) is 25.2. The Morgan fingerprint density at radius 3 is 2.38 bits per heavy atom. The number of nitro groups is 1. The lowest BCUT2D eigenvalue weighted by Gasteiger charge is -2.42. The van der Waals surface area contributed by atoms with Gasteiger partial charge in [-0.1, -0.05) is 24.3 Å².